The van der Waals surface area contributed by atoms with Gasteiger partial charge in [0.25, 0.3) is 0 Å². The van der Waals surface area contributed by atoms with Crippen molar-refractivity contribution in [2.75, 3.05) is 19.1 Å². The molecule has 1 aliphatic rings. The van der Waals surface area contributed by atoms with Crippen molar-refractivity contribution in [1.82, 2.24) is 10.6 Å². The number of methoxy groups -OCH3 is 1. The Balaban J connectivity index is 3.42. The molecule has 1 fully saturated rings. The minimum absolute atomic E-state index is 0.231. The average molecular weight is 305 g/mol. The van der Waals surface area contributed by atoms with Gasteiger partial charge in [0, 0.05) is 6.26 Å². The molecule has 1 heterocycles. The van der Waals surface area contributed by atoms with E-state index in [0.717, 1.165) is 13.4 Å². The topological polar surface area (TPSA) is 125 Å². The van der Waals surface area contributed by atoms with E-state index in [1.807, 2.05) is 0 Å². The second-order valence-electron chi connectivity index (χ2n) is 4.04. The third-order valence-electron chi connectivity index (χ3n) is 2.50. The Morgan fingerprint density at radius 2 is 2.21 bits per heavy atom. The molecular formula is C9H11N3O5S2. The molecule has 0 spiro atoms. The van der Waals surface area contributed by atoms with Crippen LogP contribution in [0.25, 0.3) is 0 Å². The molecule has 0 aromatic rings. The molecule has 0 radical (unpaired) electrons. The molecule has 0 aliphatic carbocycles. The SMILES string of the molecule is COC(=O)[C@@]1(CS(C)(=O)=O)NC(=S)NC(=O)[C@@H]1C#N. The predicted octanol–water partition coefficient (Wildman–Crippen LogP) is -1.91. The van der Waals surface area contributed by atoms with Crippen LogP contribution in [-0.4, -0.2) is 50.1 Å². The first kappa shape index (κ1) is 15.3. The van der Waals surface area contributed by atoms with Gasteiger partial charge in [-0.1, -0.05) is 0 Å². The van der Waals surface area contributed by atoms with Crippen molar-refractivity contribution in [3.8, 4) is 6.07 Å². The highest BCUT2D eigenvalue weighted by molar-refractivity contribution is 7.90. The molecule has 0 saturated carbocycles. The quantitative estimate of drug-likeness (QED) is 0.457. The van der Waals surface area contributed by atoms with Crippen LogP contribution in [-0.2, 0) is 24.2 Å². The lowest BCUT2D eigenvalue weighted by Crippen LogP contribution is -2.72. The molecule has 1 amide bonds. The molecule has 8 nitrogen and oxygen atoms in total. The number of nitrogens with zero attached hydrogens (tertiary/aromatic N) is 1. The van der Waals surface area contributed by atoms with Crippen molar-refractivity contribution in [2.24, 2.45) is 5.92 Å². The molecule has 10 heteroatoms. The number of hydrogen-bond acceptors (Lipinski definition) is 7. The third-order valence-corrected chi connectivity index (χ3v) is 3.68. The van der Waals surface area contributed by atoms with Crippen LogP contribution >= 0.6 is 12.2 Å². The van der Waals surface area contributed by atoms with E-state index in [4.69, 9.17) is 17.5 Å². The maximum Gasteiger partial charge on any atom is 0.334 e. The van der Waals surface area contributed by atoms with Crippen molar-refractivity contribution in [1.29, 1.82) is 5.26 Å². The third kappa shape index (κ3) is 2.99. The standard InChI is InChI=1S/C9H11N3O5S2/c1-17-7(14)9(4-19(2,15)16)5(3-10)6(13)11-8(18)12-9/h5H,4H2,1-2H3,(H2,11,12,13,18)/t5-,9-/m0/s1. The van der Waals surface area contributed by atoms with Gasteiger partial charge in [-0.25, -0.2) is 13.2 Å². The van der Waals surface area contributed by atoms with Gasteiger partial charge >= 0.3 is 5.97 Å². The highest BCUT2D eigenvalue weighted by atomic mass is 32.2. The number of nitrogens with one attached hydrogen (secondary N) is 2. The van der Waals surface area contributed by atoms with Gasteiger partial charge in [0.1, 0.15) is 9.84 Å². The van der Waals surface area contributed by atoms with Crippen LogP contribution in [0.1, 0.15) is 0 Å². The number of nitriles is 1. The first-order valence-electron chi connectivity index (χ1n) is 4.95. The number of ether oxygens (including phenoxy) is 1. The van der Waals surface area contributed by atoms with Crippen LogP contribution < -0.4 is 10.6 Å². The normalized spacial score (nSPS) is 26.9. The van der Waals surface area contributed by atoms with Crippen LogP contribution in [0, 0.1) is 17.2 Å². The molecule has 0 aromatic heterocycles. The maximum atomic E-state index is 11.9. The van der Waals surface area contributed by atoms with Crippen LogP contribution in [0.2, 0.25) is 0 Å². The summed E-state index contributed by atoms with van der Waals surface area (Å²) in [5.74, 6) is -4.23. The lowest BCUT2D eigenvalue weighted by Gasteiger charge is -2.38. The van der Waals surface area contributed by atoms with E-state index in [1.54, 1.807) is 6.07 Å². The lowest BCUT2D eigenvalue weighted by atomic mass is 9.84. The Morgan fingerprint density at radius 1 is 1.63 bits per heavy atom. The number of carbonyl (C=O) groups is 2. The predicted molar refractivity (Wildman–Crippen MR) is 67.4 cm³/mol. The Kier molecular flexibility index (Phi) is 4.12. The van der Waals surface area contributed by atoms with Gasteiger partial charge in [0.2, 0.25) is 5.91 Å². The molecule has 104 valence electrons. The van der Waals surface area contributed by atoms with E-state index in [2.05, 4.69) is 15.4 Å². The van der Waals surface area contributed by atoms with Crippen molar-refractivity contribution in [3.63, 3.8) is 0 Å². The summed E-state index contributed by atoms with van der Waals surface area (Å²) < 4.78 is 27.4. The molecular weight excluding hydrogens is 294 g/mol. The monoisotopic (exact) mass is 305 g/mol. The van der Waals surface area contributed by atoms with Crippen LogP contribution in [0.15, 0.2) is 0 Å². The Morgan fingerprint density at radius 3 is 2.63 bits per heavy atom. The summed E-state index contributed by atoms with van der Waals surface area (Å²) >= 11 is 4.73. The number of rotatable bonds is 3. The Labute approximate surface area is 115 Å². The summed E-state index contributed by atoms with van der Waals surface area (Å²) in [5, 5.41) is 13.3. The summed E-state index contributed by atoms with van der Waals surface area (Å²) in [5.41, 5.74) is -2.03. The highest BCUT2D eigenvalue weighted by Gasteiger charge is 2.56. The first-order chi connectivity index (χ1) is 8.66. The summed E-state index contributed by atoms with van der Waals surface area (Å²) in [6.07, 6.45) is 0.878. The summed E-state index contributed by atoms with van der Waals surface area (Å²) in [6.45, 7) is 0. The van der Waals surface area contributed by atoms with Crippen molar-refractivity contribution >= 4 is 39.0 Å². The maximum absolute atomic E-state index is 11.9. The smallest absolute Gasteiger partial charge is 0.334 e. The number of thiocarbonyl (C=S) groups is 1. The minimum atomic E-state index is -3.68. The summed E-state index contributed by atoms with van der Waals surface area (Å²) in [6, 6.07) is 1.60. The van der Waals surface area contributed by atoms with Gasteiger partial charge in [-0.15, -0.1) is 0 Å². The molecule has 0 unspecified atom stereocenters. The van der Waals surface area contributed by atoms with Crippen LogP contribution in [0.4, 0.5) is 0 Å². The van der Waals surface area contributed by atoms with E-state index < -0.39 is 38.9 Å². The van der Waals surface area contributed by atoms with Gasteiger partial charge in [-0.3, -0.25) is 4.79 Å². The van der Waals surface area contributed by atoms with Crippen molar-refractivity contribution < 1.29 is 22.7 Å². The average Bonchev–Trinajstić information content (AvgIpc) is 2.24. The first-order valence-corrected chi connectivity index (χ1v) is 7.42. The van der Waals surface area contributed by atoms with E-state index in [9.17, 15) is 18.0 Å². The van der Waals surface area contributed by atoms with Gasteiger partial charge in [-0.05, 0) is 12.2 Å². The number of sulfone groups is 1. The van der Waals surface area contributed by atoms with E-state index in [-0.39, 0.29) is 5.11 Å². The second-order valence-corrected chi connectivity index (χ2v) is 6.59. The molecule has 2 N–H and O–H groups in total. The molecule has 0 bridgehead atoms. The van der Waals surface area contributed by atoms with Crippen LogP contribution in [0.3, 0.4) is 0 Å². The van der Waals surface area contributed by atoms with Gasteiger partial charge in [0.05, 0.1) is 18.9 Å². The summed E-state index contributed by atoms with van der Waals surface area (Å²) in [4.78, 5) is 23.6. The van der Waals surface area contributed by atoms with E-state index >= 15 is 0 Å². The number of amides is 1. The van der Waals surface area contributed by atoms with Gasteiger partial charge < -0.3 is 15.4 Å². The number of esters is 1. The fourth-order valence-corrected chi connectivity index (χ4v) is 3.29. The molecule has 1 aliphatic heterocycles. The second kappa shape index (κ2) is 5.10. The zero-order valence-corrected chi connectivity index (χ0v) is 11.7. The lowest BCUT2D eigenvalue weighted by molar-refractivity contribution is -0.151. The summed E-state index contributed by atoms with van der Waals surface area (Å²) in [7, 11) is -2.66. The molecule has 1 saturated heterocycles. The zero-order chi connectivity index (χ0) is 14.8. The molecule has 0 aromatic carbocycles. The highest BCUT2D eigenvalue weighted by Crippen LogP contribution is 2.24. The van der Waals surface area contributed by atoms with Gasteiger partial charge in [0.15, 0.2) is 16.6 Å². The minimum Gasteiger partial charge on any atom is -0.467 e. The Bertz CT molecular complexity index is 579. The number of hydrogen-bond donors (Lipinski definition) is 2. The molecule has 2 atom stereocenters. The number of carbonyl (C=O) groups excluding carboxylic acids is 2. The van der Waals surface area contributed by atoms with Crippen molar-refractivity contribution in [2.45, 2.75) is 5.54 Å². The largest absolute Gasteiger partial charge is 0.467 e. The molecule has 19 heavy (non-hydrogen) atoms. The van der Waals surface area contributed by atoms with Gasteiger partial charge in [-0.2, -0.15) is 5.26 Å². The van der Waals surface area contributed by atoms with Crippen molar-refractivity contribution in [3.05, 3.63) is 0 Å². The fourth-order valence-electron chi connectivity index (χ4n) is 1.83. The zero-order valence-electron chi connectivity index (χ0n) is 10.1. The fraction of sp³-hybridized carbons (Fsp3) is 0.556. The van der Waals surface area contributed by atoms with E-state index in [1.165, 1.54) is 0 Å². The van der Waals surface area contributed by atoms with Crippen LogP contribution in [0.5, 0.6) is 0 Å². The molecule has 1 rings (SSSR count). The van der Waals surface area contributed by atoms with E-state index in [0.29, 0.717) is 0 Å². The Hall–Kier alpha value is -1.73.